The molecule has 1 aromatic rings. The molecule has 0 spiro atoms. The minimum absolute atomic E-state index is 0.0607. The van der Waals surface area contributed by atoms with Crippen LogP contribution in [0, 0.1) is 0 Å². The van der Waals surface area contributed by atoms with E-state index in [1.54, 1.807) is 11.1 Å². The highest BCUT2D eigenvalue weighted by Gasteiger charge is 2.14. The van der Waals surface area contributed by atoms with Crippen molar-refractivity contribution in [3.63, 3.8) is 0 Å². The summed E-state index contributed by atoms with van der Waals surface area (Å²) in [5, 5.41) is 2.81. The number of rotatable bonds is 7. The molecule has 0 saturated carbocycles. The zero-order chi connectivity index (χ0) is 16.5. The molecule has 2 rings (SSSR count). The van der Waals surface area contributed by atoms with Crippen molar-refractivity contribution in [2.45, 2.75) is 45.6 Å². The second kappa shape index (κ2) is 9.08. The van der Waals surface area contributed by atoms with Crippen LogP contribution in [0.3, 0.4) is 0 Å². The number of allylic oxidation sites excluding steroid dienone is 1. The summed E-state index contributed by atoms with van der Waals surface area (Å²) in [5.74, 6) is -0.210. The van der Waals surface area contributed by atoms with Gasteiger partial charge in [-0.3, -0.25) is 14.6 Å². The first-order chi connectivity index (χ1) is 11.1. The second-order valence-corrected chi connectivity index (χ2v) is 5.90. The molecule has 0 aromatic carbocycles. The minimum Gasteiger partial charge on any atom is -0.349 e. The number of carbonyl (C=O) groups is 2. The molecule has 23 heavy (non-hydrogen) atoms. The predicted molar refractivity (Wildman–Crippen MR) is 89.5 cm³/mol. The van der Waals surface area contributed by atoms with Gasteiger partial charge in [0, 0.05) is 19.7 Å². The summed E-state index contributed by atoms with van der Waals surface area (Å²) in [6.45, 7) is 2.62. The number of amides is 2. The molecule has 0 fully saturated rings. The predicted octanol–water partition coefficient (Wildman–Crippen LogP) is 2.44. The number of nitrogens with one attached hydrogen (secondary N) is 1. The normalized spacial score (nSPS) is 14.0. The van der Waals surface area contributed by atoms with Gasteiger partial charge in [-0.2, -0.15) is 0 Å². The van der Waals surface area contributed by atoms with Crippen LogP contribution in [0.2, 0.25) is 0 Å². The fraction of sp³-hybridized carbons (Fsp3) is 0.500. The van der Waals surface area contributed by atoms with E-state index in [1.165, 1.54) is 25.3 Å². The van der Waals surface area contributed by atoms with Crippen molar-refractivity contribution < 1.29 is 9.59 Å². The lowest BCUT2D eigenvalue weighted by Gasteiger charge is -2.22. The van der Waals surface area contributed by atoms with Crippen molar-refractivity contribution in [1.82, 2.24) is 15.2 Å². The Bertz CT molecular complexity index is 555. The van der Waals surface area contributed by atoms with Crippen LogP contribution in [0.5, 0.6) is 0 Å². The number of aromatic nitrogens is 1. The third kappa shape index (κ3) is 6.22. The molecule has 124 valence electrons. The molecule has 2 amide bonds. The van der Waals surface area contributed by atoms with Crippen molar-refractivity contribution in [1.29, 1.82) is 0 Å². The van der Waals surface area contributed by atoms with E-state index in [0.717, 1.165) is 25.0 Å². The topological polar surface area (TPSA) is 62.3 Å². The van der Waals surface area contributed by atoms with E-state index in [0.29, 0.717) is 13.1 Å². The molecule has 1 heterocycles. The number of hydrogen-bond donors (Lipinski definition) is 1. The summed E-state index contributed by atoms with van der Waals surface area (Å²) in [5.41, 5.74) is 2.22. The van der Waals surface area contributed by atoms with E-state index in [4.69, 9.17) is 0 Å². The third-order valence-corrected chi connectivity index (χ3v) is 4.06. The average Bonchev–Trinajstić information content (AvgIpc) is 2.58. The molecular formula is C18H25N3O2. The Labute approximate surface area is 137 Å². The van der Waals surface area contributed by atoms with Crippen LogP contribution >= 0.6 is 0 Å². The molecule has 5 nitrogen and oxygen atoms in total. The molecule has 1 aliphatic carbocycles. The summed E-state index contributed by atoms with van der Waals surface area (Å²) < 4.78 is 0. The quantitative estimate of drug-likeness (QED) is 0.786. The molecule has 0 radical (unpaired) electrons. The maximum Gasteiger partial charge on any atom is 0.239 e. The Balaban J connectivity index is 1.77. The van der Waals surface area contributed by atoms with Gasteiger partial charge in [0.25, 0.3) is 0 Å². The first kappa shape index (κ1) is 17.2. The van der Waals surface area contributed by atoms with Gasteiger partial charge in [-0.1, -0.05) is 17.7 Å². The summed E-state index contributed by atoms with van der Waals surface area (Å²) in [6, 6.07) is 5.58. The van der Waals surface area contributed by atoms with Crippen LogP contribution in [0.15, 0.2) is 36.0 Å². The lowest BCUT2D eigenvalue weighted by atomic mass is 9.97. The highest BCUT2D eigenvalue weighted by atomic mass is 16.2. The summed E-state index contributed by atoms with van der Waals surface area (Å²) in [7, 11) is 0. The van der Waals surface area contributed by atoms with Crippen LogP contribution in [0.4, 0.5) is 0 Å². The van der Waals surface area contributed by atoms with Gasteiger partial charge in [-0.15, -0.1) is 0 Å². The first-order valence-electron chi connectivity index (χ1n) is 8.25. The lowest BCUT2D eigenvalue weighted by molar-refractivity contribution is -0.134. The SMILES string of the molecule is CC(=O)N(CCC1=CCCCC1)CC(=O)NCc1ccccn1. The monoisotopic (exact) mass is 315 g/mol. The van der Waals surface area contributed by atoms with Gasteiger partial charge < -0.3 is 10.2 Å². The highest BCUT2D eigenvalue weighted by molar-refractivity contribution is 5.83. The second-order valence-electron chi connectivity index (χ2n) is 5.90. The van der Waals surface area contributed by atoms with Gasteiger partial charge in [0.1, 0.15) is 0 Å². The Hall–Kier alpha value is -2.17. The van der Waals surface area contributed by atoms with E-state index in [2.05, 4.69) is 16.4 Å². The van der Waals surface area contributed by atoms with Crippen molar-refractivity contribution >= 4 is 11.8 Å². The Kier molecular flexibility index (Phi) is 6.78. The van der Waals surface area contributed by atoms with E-state index in [9.17, 15) is 9.59 Å². The van der Waals surface area contributed by atoms with Gasteiger partial charge in [-0.05, 0) is 44.2 Å². The molecule has 0 unspecified atom stereocenters. The third-order valence-electron chi connectivity index (χ3n) is 4.06. The molecule has 1 N–H and O–H groups in total. The first-order valence-corrected chi connectivity index (χ1v) is 8.25. The van der Waals surface area contributed by atoms with Gasteiger partial charge in [0.2, 0.25) is 11.8 Å². The molecule has 0 aliphatic heterocycles. The van der Waals surface area contributed by atoms with Crippen LogP contribution in [-0.2, 0) is 16.1 Å². The summed E-state index contributed by atoms with van der Waals surface area (Å²) in [4.78, 5) is 29.5. The van der Waals surface area contributed by atoms with Crippen LogP contribution in [-0.4, -0.2) is 34.8 Å². The van der Waals surface area contributed by atoms with E-state index >= 15 is 0 Å². The highest BCUT2D eigenvalue weighted by Crippen LogP contribution is 2.20. The number of nitrogens with zero attached hydrogens (tertiary/aromatic N) is 2. The molecule has 0 bridgehead atoms. The fourth-order valence-corrected chi connectivity index (χ4v) is 2.68. The number of pyridine rings is 1. The van der Waals surface area contributed by atoms with Gasteiger partial charge in [0.05, 0.1) is 18.8 Å². The molecule has 1 aromatic heterocycles. The minimum atomic E-state index is -0.150. The maximum absolute atomic E-state index is 12.0. The number of carbonyl (C=O) groups excluding carboxylic acids is 2. The largest absolute Gasteiger partial charge is 0.349 e. The zero-order valence-electron chi connectivity index (χ0n) is 13.8. The molecule has 5 heteroatoms. The van der Waals surface area contributed by atoms with E-state index < -0.39 is 0 Å². The van der Waals surface area contributed by atoms with Gasteiger partial charge in [-0.25, -0.2) is 0 Å². The smallest absolute Gasteiger partial charge is 0.239 e. The molecule has 1 aliphatic rings. The van der Waals surface area contributed by atoms with Crippen LogP contribution < -0.4 is 5.32 Å². The molecule has 0 saturated heterocycles. The standard InChI is InChI=1S/C18H25N3O2/c1-15(22)21(12-10-16-7-3-2-4-8-16)14-18(23)20-13-17-9-5-6-11-19-17/h5-7,9,11H,2-4,8,10,12-14H2,1H3,(H,20,23). The molecular weight excluding hydrogens is 290 g/mol. The fourth-order valence-electron chi connectivity index (χ4n) is 2.68. The van der Waals surface area contributed by atoms with Crippen LogP contribution in [0.1, 0.15) is 44.7 Å². The zero-order valence-corrected chi connectivity index (χ0v) is 13.8. The van der Waals surface area contributed by atoms with Crippen molar-refractivity contribution in [3.05, 3.63) is 41.7 Å². The molecule has 0 atom stereocenters. The Morgan fingerprint density at radius 1 is 1.30 bits per heavy atom. The Morgan fingerprint density at radius 2 is 2.17 bits per heavy atom. The van der Waals surface area contributed by atoms with Gasteiger partial charge in [0.15, 0.2) is 0 Å². The van der Waals surface area contributed by atoms with E-state index in [-0.39, 0.29) is 18.4 Å². The average molecular weight is 315 g/mol. The van der Waals surface area contributed by atoms with Crippen molar-refractivity contribution in [2.24, 2.45) is 0 Å². The Morgan fingerprint density at radius 3 is 2.83 bits per heavy atom. The van der Waals surface area contributed by atoms with Gasteiger partial charge >= 0.3 is 0 Å². The maximum atomic E-state index is 12.0. The van der Waals surface area contributed by atoms with E-state index in [1.807, 2.05) is 18.2 Å². The summed E-state index contributed by atoms with van der Waals surface area (Å²) in [6.07, 6.45) is 9.60. The van der Waals surface area contributed by atoms with Crippen molar-refractivity contribution in [3.8, 4) is 0 Å². The lowest BCUT2D eigenvalue weighted by Crippen LogP contribution is -2.40. The van der Waals surface area contributed by atoms with Crippen molar-refractivity contribution in [2.75, 3.05) is 13.1 Å². The summed E-state index contributed by atoms with van der Waals surface area (Å²) >= 11 is 0. The van der Waals surface area contributed by atoms with Crippen LogP contribution in [0.25, 0.3) is 0 Å². The number of hydrogen-bond acceptors (Lipinski definition) is 3.